The number of amidine groups is 2. The number of carbonyl (C=O) groups is 1. The van der Waals surface area contributed by atoms with Crippen molar-refractivity contribution in [3.63, 3.8) is 0 Å². The van der Waals surface area contributed by atoms with Crippen molar-refractivity contribution in [3.05, 3.63) is 95.3 Å². The first-order valence-electron chi connectivity index (χ1n) is 11.4. The van der Waals surface area contributed by atoms with E-state index in [1.165, 1.54) is 16.8 Å². The zero-order valence-corrected chi connectivity index (χ0v) is 20.4. The fraction of sp³-hybridized carbons (Fsp3) is 0.148. The van der Waals surface area contributed by atoms with E-state index in [9.17, 15) is 4.79 Å². The first-order valence-corrected chi connectivity index (χ1v) is 12.2. The molecule has 0 radical (unpaired) electrons. The molecule has 2 aliphatic heterocycles. The number of benzene rings is 2. The molecule has 9 heteroatoms. The standard InChI is InChI=1S/C27H23N5O3S/c1-18-5-2-7-22(15-18)35-14-4-13-34-21-10-8-19(9-11-21)16-23-24(28)32-27(30-25(23)33)36-26(31-32)20-6-3-12-29-17-20/h2-3,5-12,15-17,28H,4,13-14H2,1H3. The van der Waals surface area contributed by atoms with E-state index in [0.29, 0.717) is 23.4 Å². The number of fused-ring (bicyclic) bond motifs is 1. The summed E-state index contributed by atoms with van der Waals surface area (Å²) >= 11 is 1.25. The van der Waals surface area contributed by atoms with Gasteiger partial charge in [0.15, 0.2) is 5.84 Å². The van der Waals surface area contributed by atoms with Gasteiger partial charge in [-0.2, -0.15) is 15.1 Å². The summed E-state index contributed by atoms with van der Waals surface area (Å²) in [4.78, 5) is 20.9. The van der Waals surface area contributed by atoms with E-state index in [-0.39, 0.29) is 11.4 Å². The molecule has 1 amide bonds. The lowest BCUT2D eigenvalue weighted by Gasteiger charge is -2.20. The van der Waals surface area contributed by atoms with Gasteiger partial charge < -0.3 is 9.47 Å². The zero-order chi connectivity index (χ0) is 24.9. The molecule has 0 unspecified atom stereocenters. The molecule has 0 atom stereocenters. The number of aromatic nitrogens is 1. The van der Waals surface area contributed by atoms with Crippen LogP contribution in [0.5, 0.6) is 11.5 Å². The summed E-state index contributed by atoms with van der Waals surface area (Å²) in [5.41, 5.74) is 2.91. The SMILES string of the molecule is Cc1cccc(OCCCOc2ccc(C=C3C(=N)N4N=C(c5cccnc5)SC4=NC3=O)cc2)c1. The Labute approximate surface area is 212 Å². The first-order chi connectivity index (χ1) is 17.6. The lowest BCUT2D eigenvalue weighted by Crippen LogP contribution is -2.35. The molecule has 3 aromatic rings. The number of rotatable bonds is 8. The third kappa shape index (κ3) is 5.36. The Kier molecular flexibility index (Phi) is 6.90. The maximum absolute atomic E-state index is 12.6. The molecule has 1 aromatic heterocycles. The van der Waals surface area contributed by atoms with Crippen molar-refractivity contribution in [2.75, 3.05) is 13.2 Å². The molecule has 8 nitrogen and oxygen atoms in total. The van der Waals surface area contributed by atoms with Crippen LogP contribution in [0.1, 0.15) is 23.1 Å². The molecule has 0 saturated heterocycles. The quantitative estimate of drug-likeness (QED) is 0.351. The minimum atomic E-state index is -0.463. The average molecular weight is 498 g/mol. The van der Waals surface area contributed by atoms with Gasteiger partial charge in [-0.3, -0.25) is 15.2 Å². The molecule has 5 rings (SSSR count). The van der Waals surface area contributed by atoms with E-state index in [0.717, 1.165) is 34.6 Å². The van der Waals surface area contributed by atoms with E-state index in [2.05, 4.69) is 15.1 Å². The van der Waals surface area contributed by atoms with Gasteiger partial charge in [-0.1, -0.05) is 24.3 Å². The average Bonchev–Trinajstić information content (AvgIpc) is 3.32. The number of aryl methyl sites for hydroxylation is 1. The molecule has 36 heavy (non-hydrogen) atoms. The van der Waals surface area contributed by atoms with Crippen LogP contribution in [0.4, 0.5) is 0 Å². The Morgan fingerprint density at radius 1 is 1.03 bits per heavy atom. The minimum absolute atomic E-state index is 0.00896. The van der Waals surface area contributed by atoms with Crippen molar-refractivity contribution >= 4 is 39.8 Å². The van der Waals surface area contributed by atoms with Crippen LogP contribution in [0, 0.1) is 12.3 Å². The Morgan fingerprint density at radius 3 is 2.58 bits per heavy atom. The molecule has 1 N–H and O–H groups in total. The first kappa shape index (κ1) is 23.5. The molecule has 0 saturated carbocycles. The highest BCUT2D eigenvalue weighted by molar-refractivity contribution is 8.27. The summed E-state index contributed by atoms with van der Waals surface area (Å²) in [6, 6.07) is 19.0. The number of thioether (sulfide) groups is 1. The van der Waals surface area contributed by atoms with Crippen molar-refractivity contribution < 1.29 is 14.3 Å². The molecule has 2 aliphatic rings. The predicted molar refractivity (Wildman–Crippen MR) is 142 cm³/mol. The molecular weight excluding hydrogens is 474 g/mol. The third-order valence-corrected chi connectivity index (χ3v) is 6.33. The maximum atomic E-state index is 12.6. The second-order valence-corrected chi connectivity index (χ2v) is 9.06. The summed E-state index contributed by atoms with van der Waals surface area (Å²) in [6.45, 7) is 3.13. The highest BCUT2D eigenvalue weighted by Gasteiger charge is 2.36. The second-order valence-electron chi connectivity index (χ2n) is 8.10. The van der Waals surface area contributed by atoms with E-state index in [4.69, 9.17) is 14.9 Å². The van der Waals surface area contributed by atoms with Crippen LogP contribution in [0.3, 0.4) is 0 Å². The number of carbonyl (C=O) groups excluding carboxylic acids is 1. The topological polar surface area (TPSA) is 100 Å². The highest BCUT2D eigenvalue weighted by Crippen LogP contribution is 2.30. The van der Waals surface area contributed by atoms with Gasteiger partial charge in [0, 0.05) is 24.4 Å². The Hall–Kier alpha value is -4.24. The lowest BCUT2D eigenvalue weighted by atomic mass is 10.1. The molecule has 0 fully saturated rings. The molecule has 180 valence electrons. The van der Waals surface area contributed by atoms with Gasteiger partial charge in [0.25, 0.3) is 5.91 Å². The second kappa shape index (κ2) is 10.6. The normalized spacial score (nSPS) is 16.0. The smallest absolute Gasteiger partial charge is 0.283 e. The van der Waals surface area contributed by atoms with Gasteiger partial charge in [-0.15, -0.1) is 0 Å². The van der Waals surface area contributed by atoms with Crippen LogP contribution in [0.25, 0.3) is 6.08 Å². The molecule has 2 aromatic carbocycles. The van der Waals surface area contributed by atoms with Crippen LogP contribution in [-0.2, 0) is 4.79 Å². The number of nitrogens with zero attached hydrogens (tertiary/aromatic N) is 4. The van der Waals surface area contributed by atoms with Crippen molar-refractivity contribution in [2.24, 2.45) is 10.1 Å². The summed E-state index contributed by atoms with van der Waals surface area (Å²) < 4.78 is 11.5. The van der Waals surface area contributed by atoms with Crippen LogP contribution < -0.4 is 9.47 Å². The summed E-state index contributed by atoms with van der Waals surface area (Å²) in [6.07, 6.45) is 5.76. The van der Waals surface area contributed by atoms with E-state index in [1.807, 2.05) is 67.6 Å². The summed E-state index contributed by atoms with van der Waals surface area (Å²) in [7, 11) is 0. The van der Waals surface area contributed by atoms with Gasteiger partial charge in [0.2, 0.25) is 5.17 Å². The van der Waals surface area contributed by atoms with Crippen LogP contribution in [-0.4, -0.2) is 45.2 Å². The Morgan fingerprint density at radius 2 is 1.83 bits per heavy atom. The van der Waals surface area contributed by atoms with Crippen molar-refractivity contribution in [1.82, 2.24) is 9.99 Å². The van der Waals surface area contributed by atoms with Gasteiger partial charge in [-0.05, 0) is 72.3 Å². The molecule has 0 aliphatic carbocycles. The summed E-state index contributed by atoms with van der Waals surface area (Å²) in [5.74, 6) is 1.11. The van der Waals surface area contributed by atoms with Crippen LogP contribution in [0.15, 0.2) is 88.7 Å². The number of ether oxygens (including phenoxy) is 2. The zero-order valence-electron chi connectivity index (χ0n) is 19.5. The van der Waals surface area contributed by atoms with Gasteiger partial charge in [0.05, 0.1) is 18.8 Å². The number of hydrogen-bond donors (Lipinski definition) is 1. The van der Waals surface area contributed by atoms with E-state index >= 15 is 0 Å². The number of pyridine rings is 1. The van der Waals surface area contributed by atoms with Crippen molar-refractivity contribution in [2.45, 2.75) is 13.3 Å². The number of hydrazone groups is 1. The predicted octanol–water partition coefficient (Wildman–Crippen LogP) is 4.91. The fourth-order valence-corrected chi connectivity index (χ4v) is 4.45. The number of nitrogens with one attached hydrogen (secondary N) is 1. The lowest BCUT2D eigenvalue weighted by molar-refractivity contribution is -0.114. The van der Waals surface area contributed by atoms with Crippen LogP contribution >= 0.6 is 11.8 Å². The Bertz CT molecular complexity index is 1380. The minimum Gasteiger partial charge on any atom is -0.493 e. The highest BCUT2D eigenvalue weighted by atomic mass is 32.2. The van der Waals surface area contributed by atoms with Gasteiger partial charge in [-0.25, -0.2) is 0 Å². The molecule has 0 bridgehead atoms. The molecular formula is C27H23N5O3S. The third-order valence-electron chi connectivity index (χ3n) is 5.37. The van der Waals surface area contributed by atoms with E-state index < -0.39 is 5.91 Å². The van der Waals surface area contributed by atoms with Gasteiger partial charge >= 0.3 is 0 Å². The van der Waals surface area contributed by atoms with Crippen LogP contribution in [0.2, 0.25) is 0 Å². The van der Waals surface area contributed by atoms with Crippen molar-refractivity contribution in [3.8, 4) is 11.5 Å². The van der Waals surface area contributed by atoms with Gasteiger partial charge in [0.1, 0.15) is 16.5 Å². The largest absolute Gasteiger partial charge is 0.493 e. The monoisotopic (exact) mass is 497 g/mol. The number of aliphatic imine (C=N–C) groups is 1. The fourth-order valence-electron chi connectivity index (χ4n) is 3.57. The number of hydrogen-bond acceptors (Lipinski definition) is 7. The Balaban J connectivity index is 1.18. The molecule has 3 heterocycles. The summed E-state index contributed by atoms with van der Waals surface area (Å²) in [5, 5.41) is 15.4. The number of amides is 1. The molecule has 0 spiro atoms. The maximum Gasteiger partial charge on any atom is 0.283 e. The van der Waals surface area contributed by atoms with E-state index in [1.54, 1.807) is 18.5 Å². The van der Waals surface area contributed by atoms with Crippen molar-refractivity contribution in [1.29, 1.82) is 5.41 Å².